The topological polar surface area (TPSA) is 61.6 Å². The minimum Gasteiger partial charge on any atom is -0.456 e. The maximum Gasteiger partial charge on any atom is 0.260 e. The summed E-state index contributed by atoms with van der Waals surface area (Å²) in [4.78, 5) is 2.32. The molecule has 0 saturated carbocycles. The number of aromatic nitrogens is 3. The fraction of sp³-hybridized carbons (Fsp3) is 0.360. The van der Waals surface area contributed by atoms with Gasteiger partial charge in [0.15, 0.2) is 0 Å². The molecule has 5 heterocycles. The lowest BCUT2D eigenvalue weighted by Crippen LogP contribution is -2.43. The van der Waals surface area contributed by atoms with Crippen molar-refractivity contribution in [2.75, 3.05) is 18.0 Å². The third kappa shape index (κ3) is 2.92. The van der Waals surface area contributed by atoms with Crippen LogP contribution in [0.1, 0.15) is 35.4 Å². The first-order valence-electron chi connectivity index (χ1n) is 11.4. The summed E-state index contributed by atoms with van der Waals surface area (Å²) in [5, 5.41) is 9.89. The molecule has 1 aromatic heterocycles. The van der Waals surface area contributed by atoms with Gasteiger partial charge in [-0.3, -0.25) is 4.57 Å². The second kappa shape index (κ2) is 6.98. The van der Waals surface area contributed by atoms with E-state index in [1.165, 1.54) is 11.1 Å². The Hall–Kier alpha value is -3.03. The SMILES string of the molecule is Clc1ccc2c(c1)CC1(Cc3nnc(N4CCC5(CC4)OCc4ccccc45)n3-2)OC=CO1. The zero-order chi connectivity index (χ0) is 22.0. The Kier molecular flexibility index (Phi) is 4.11. The number of rotatable bonds is 1. The van der Waals surface area contributed by atoms with E-state index in [9.17, 15) is 0 Å². The van der Waals surface area contributed by atoms with Gasteiger partial charge < -0.3 is 19.1 Å². The third-order valence-electron chi connectivity index (χ3n) is 7.37. The molecule has 0 radical (unpaired) electrons. The maximum absolute atomic E-state index is 6.36. The van der Waals surface area contributed by atoms with Gasteiger partial charge in [-0.25, -0.2) is 0 Å². The van der Waals surface area contributed by atoms with Gasteiger partial charge in [0.2, 0.25) is 5.95 Å². The van der Waals surface area contributed by atoms with Gasteiger partial charge in [-0.2, -0.15) is 0 Å². The molecule has 7 rings (SSSR count). The zero-order valence-corrected chi connectivity index (χ0v) is 18.8. The molecule has 1 saturated heterocycles. The van der Waals surface area contributed by atoms with Crippen molar-refractivity contribution >= 4 is 17.5 Å². The number of fused-ring (bicyclic) bond motifs is 5. The Bertz CT molecular complexity index is 1270. The minimum atomic E-state index is -0.814. The van der Waals surface area contributed by atoms with Crippen molar-refractivity contribution in [2.24, 2.45) is 0 Å². The highest BCUT2D eigenvalue weighted by Gasteiger charge is 2.45. The summed E-state index contributed by atoms with van der Waals surface area (Å²) in [5.41, 5.74) is 4.53. The van der Waals surface area contributed by atoms with Crippen molar-refractivity contribution in [1.82, 2.24) is 14.8 Å². The van der Waals surface area contributed by atoms with Crippen LogP contribution < -0.4 is 4.90 Å². The van der Waals surface area contributed by atoms with Gasteiger partial charge in [0.1, 0.15) is 18.3 Å². The van der Waals surface area contributed by atoms with Crippen molar-refractivity contribution in [3.8, 4) is 5.69 Å². The molecule has 0 amide bonds. The summed E-state index contributed by atoms with van der Waals surface area (Å²) >= 11 is 6.36. The van der Waals surface area contributed by atoms with E-state index in [1.54, 1.807) is 12.5 Å². The maximum atomic E-state index is 6.36. The molecule has 168 valence electrons. The third-order valence-corrected chi connectivity index (χ3v) is 7.61. The molecule has 2 aromatic carbocycles. The highest BCUT2D eigenvalue weighted by molar-refractivity contribution is 6.30. The quantitative estimate of drug-likeness (QED) is 0.538. The lowest BCUT2D eigenvalue weighted by atomic mass is 9.84. The van der Waals surface area contributed by atoms with Crippen molar-refractivity contribution in [3.63, 3.8) is 0 Å². The summed E-state index contributed by atoms with van der Waals surface area (Å²) in [6.07, 6.45) is 6.10. The van der Waals surface area contributed by atoms with Crippen LogP contribution >= 0.6 is 11.6 Å². The van der Waals surface area contributed by atoms with E-state index in [0.29, 0.717) is 24.5 Å². The average molecular weight is 463 g/mol. The first kappa shape index (κ1) is 19.4. The van der Waals surface area contributed by atoms with Crippen molar-refractivity contribution in [2.45, 2.75) is 43.7 Å². The molecule has 0 bridgehead atoms. The van der Waals surface area contributed by atoms with Gasteiger partial charge in [-0.1, -0.05) is 35.9 Å². The predicted molar refractivity (Wildman–Crippen MR) is 122 cm³/mol. The molecule has 4 aliphatic heterocycles. The molecule has 4 aliphatic rings. The minimum absolute atomic E-state index is 0.193. The van der Waals surface area contributed by atoms with E-state index in [4.69, 9.17) is 25.8 Å². The Morgan fingerprint density at radius 3 is 2.58 bits per heavy atom. The van der Waals surface area contributed by atoms with E-state index in [-0.39, 0.29) is 5.60 Å². The fourth-order valence-electron chi connectivity index (χ4n) is 5.74. The molecule has 0 N–H and O–H groups in total. The first-order valence-corrected chi connectivity index (χ1v) is 11.7. The van der Waals surface area contributed by atoms with Gasteiger partial charge in [-0.05, 0) is 47.7 Å². The Morgan fingerprint density at radius 1 is 0.909 bits per heavy atom. The normalized spacial score (nSPS) is 21.3. The molecule has 0 atom stereocenters. The number of hydrogen-bond donors (Lipinski definition) is 0. The van der Waals surface area contributed by atoms with Crippen LogP contribution in [0.3, 0.4) is 0 Å². The second-order valence-corrected chi connectivity index (χ2v) is 9.66. The highest BCUT2D eigenvalue weighted by Crippen LogP contribution is 2.45. The fourth-order valence-corrected chi connectivity index (χ4v) is 5.94. The number of benzene rings is 2. The molecule has 8 heteroatoms. The van der Waals surface area contributed by atoms with Crippen molar-refractivity contribution in [1.29, 1.82) is 0 Å². The number of ether oxygens (including phenoxy) is 3. The molecule has 2 spiro atoms. The summed E-state index contributed by atoms with van der Waals surface area (Å²) in [6, 6.07) is 14.5. The van der Waals surface area contributed by atoms with Gasteiger partial charge >= 0.3 is 0 Å². The Morgan fingerprint density at radius 2 is 1.73 bits per heavy atom. The number of anilines is 1. The largest absolute Gasteiger partial charge is 0.456 e. The van der Waals surface area contributed by atoms with E-state index in [2.05, 4.69) is 43.9 Å². The van der Waals surface area contributed by atoms with Crippen LogP contribution in [0.25, 0.3) is 5.69 Å². The van der Waals surface area contributed by atoms with Crippen LogP contribution in [-0.2, 0) is 39.3 Å². The smallest absolute Gasteiger partial charge is 0.260 e. The van der Waals surface area contributed by atoms with Gasteiger partial charge in [-0.15, -0.1) is 10.2 Å². The molecule has 0 aliphatic carbocycles. The molecule has 7 nitrogen and oxygen atoms in total. The van der Waals surface area contributed by atoms with Gasteiger partial charge in [0, 0.05) is 18.1 Å². The number of piperidine rings is 1. The lowest BCUT2D eigenvalue weighted by Gasteiger charge is -2.39. The number of halogens is 1. The van der Waals surface area contributed by atoms with E-state index >= 15 is 0 Å². The molecule has 3 aromatic rings. The van der Waals surface area contributed by atoms with Crippen LogP contribution in [0.2, 0.25) is 5.02 Å². The molecule has 33 heavy (non-hydrogen) atoms. The summed E-state index contributed by atoms with van der Waals surface area (Å²) < 4.78 is 20.3. The van der Waals surface area contributed by atoms with Crippen molar-refractivity contribution in [3.05, 3.63) is 82.5 Å². The van der Waals surface area contributed by atoms with Gasteiger partial charge in [0.25, 0.3) is 5.79 Å². The van der Waals surface area contributed by atoms with E-state index < -0.39 is 5.79 Å². The van der Waals surface area contributed by atoms with Crippen LogP contribution in [0.4, 0.5) is 5.95 Å². The zero-order valence-electron chi connectivity index (χ0n) is 18.0. The number of hydrogen-bond acceptors (Lipinski definition) is 6. The summed E-state index contributed by atoms with van der Waals surface area (Å²) in [7, 11) is 0. The predicted octanol–water partition coefficient (Wildman–Crippen LogP) is 4.26. The Labute approximate surface area is 196 Å². The first-order chi connectivity index (χ1) is 16.1. The van der Waals surface area contributed by atoms with Crippen molar-refractivity contribution < 1.29 is 14.2 Å². The van der Waals surface area contributed by atoms with Crippen LogP contribution in [0.5, 0.6) is 0 Å². The van der Waals surface area contributed by atoms with Crippen LogP contribution in [-0.4, -0.2) is 33.6 Å². The van der Waals surface area contributed by atoms with Crippen LogP contribution in [0, 0.1) is 0 Å². The summed E-state index contributed by atoms with van der Waals surface area (Å²) in [6.45, 7) is 2.38. The Balaban J connectivity index is 1.25. The molecule has 0 unspecified atom stereocenters. The van der Waals surface area contributed by atoms with Gasteiger partial charge in [0.05, 0.1) is 30.7 Å². The monoisotopic (exact) mass is 462 g/mol. The molecular formula is C25H23ClN4O3. The van der Waals surface area contributed by atoms with E-state index in [0.717, 1.165) is 49.0 Å². The number of nitrogens with zero attached hydrogens (tertiary/aromatic N) is 4. The van der Waals surface area contributed by atoms with E-state index in [1.807, 2.05) is 18.2 Å². The molecular weight excluding hydrogens is 440 g/mol. The average Bonchev–Trinajstić information content (AvgIpc) is 3.52. The second-order valence-electron chi connectivity index (χ2n) is 9.22. The lowest BCUT2D eigenvalue weighted by molar-refractivity contribution is -0.139. The summed E-state index contributed by atoms with van der Waals surface area (Å²) in [5.74, 6) is 0.848. The standard InChI is InChI=1S/C25H23ClN4O3/c26-19-5-6-21-18(13-19)14-25(31-11-12-32-25)15-22-27-28-23(30(21)22)29-9-7-24(8-10-29)20-4-2-1-3-17(20)16-33-24/h1-6,11-13H,7-10,14-16H2. The molecule has 1 fully saturated rings. The van der Waals surface area contributed by atoms with Crippen LogP contribution in [0.15, 0.2) is 55.0 Å². The highest BCUT2D eigenvalue weighted by atomic mass is 35.5.